The van der Waals surface area contributed by atoms with Crippen LogP contribution in [0.4, 0.5) is 11.9 Å². The maximum atomic E-state index is 4.54. The predicted molar refractivity (Wildman–Crippen MR) is 95.3 cm³/mol. The van der Waals surface area contributed by atoms with E-state index in [2.05, 4.69) is 50.8 Å². The summed E-state index contributed by atoms with van der Waals surface area (Å²) in [6.45, 7) is 14.1. The first kappa shape index (κ1) is 17.9. The smallest absolute Gasteiger partial charge is 0.229 e. The molecule has 0 amide bonds. The van der Waals surface area contributed by atoms with E-state index in [1.165, 1.54) is 13.1 Å². The van der Waals surface area contributed by atoms with Crippen LogP contribution in [0.2, 0.25) is 0 Å². The van der Waals surface area contributed by atoms with E-state index in [0.29, 0.717) is 17.8 Å². The molecule has 0 aromatic carbocycles. The minimum atomic E-state index is 0.291. The molecular weight excluding hydrogens is 290 g/mol. The summed E-state index contributed by atoms with van der Waals surface area (Å²) in [7, 11) is 3.91. The van der Waals surface area contributed by atoms with E-state index in [1.807, 2.05) is 19.0 Å². The first-order valence-electron chi connectivity index (χ1n) is 8.61. The number of nitrogens with one attached hydrogen (secondary N) is 1. The van der Waals surface area contributed by atoms with Gasteiger partial charge in [0.2, 0.25) is 11.9 Å². The van der Waals surface area contributed by atoms with Crippen molar-refractivity contribution in [3.8, 4) is 0 Å². The summed E-state index contributed by atoms with van der Waals surface area (Å²) in [6, 6.07) is 0. The van der Waals surface area contributed by atoms with Crippen molar-refractivity contribution in [2.75, 3.05) is 70.1 Å². The molecule has 0 saturated carbocycles. The van der Waals surface area contributed by atoms with Crippen molar-refractivity contribution < 1.29 is 0 Å². The Bertz CT molecular complexity index is 455. The highest BCUT2D eigenvalue weighted by Crippen LogP contribution is 2.14. The van der Waals surface area contributed by atoms with Gasteiger partial charge in [-0.15, -0.1) is 0 Å². The van der Waals surface area contributed by atoms with Crippen LogP contribution in [-0.2, 0) is 0 Å². The molecule has 0 bridgehead atoms. The first-order chi connectivity index (χ1) is 11.0. The molecule has 2 heterocycles. The van der Waals surface area contributed by atoms with Crippen LogP contribution in [0.5, 0.6) is 0 Å². The molecule has 0 unspecified atom stereocenters. The minimum Gasteiger partial charge on any atom is -0.353 e. The summed E-state index contributed by atoms with van der Waals surface area (Å²) in [5.74, 6) is 2.52. The van der Waals surface area contributed by atoms with Crippen molar-refractivity contribution >= 4 is 11.9 Å². The molecule has 0 aliphatic carbocycles. The molecule has 1 aromatic heterocycles. The van der Waals surface area contributed by atoms with Crippen molar-refractivity contribution in [1.29, 1.82) is 0 Å². The fraction of sp³-hybridized carbons (Fsp3) is 0.812. The van der Waals surface area contributed by atoms with Gasteiger partial charge in [-0.05, 0) is 6.54 Å². The van der Waals surface area contributed by atoms with Gasteiger partial charge in [-0.3, -0.25) is 4.90 Å². The van der Waals surface area contributed by atoms with Crippen LogP contribution >= 0.6 is 0 Å². The van der Waals surface area contributed by atoms with Gasteiger partial charge < -0.3 is 15.1 Å². The lowest BCUT2D eigenvalue weighted by molar-refractivity contribution is 0.141. The number of anilines is 2. The molecule has 7 nitrogen and oxygen atoms in total. The number of piperazine rings is 1. The summed E-state index contributed by atoms with van der Waals surface area (Å²) in [4.78, 5) is 20.4. The fourth-order valence-corrected chi connectivity index (χ4v) is 2.57. The molecule has 1 saturated heterocycles. The Kier molecular flexibility index (Phi) is 6.53. The zero-order valence-corrected chi connectivity index (χ0v) is 15.2. The Hall–Kier alpha value is -1.47. The van der Waals surface area contributed by atoms with E-state index in [0.717, 1.165) is 38.5 Å². The molecule has 1 fully saturated rings. The lowest BCUT2D eigenvalue weighted by Crippen LogP contribution is -2.47. The molecule has 0 atom stereocenters. The van der Waals surface area contributed by atoms with Crippen molar-refractivity contribution in [3.05, 3.63) is 5.82 Å². The molecule has 1 N–H and O–H groups in total. The monoisotopic (exact) mass is 321 g/mol. The van der Waals surface area contributed by atoms with Gasteiger partial charge in [-0.1, -0.05) is 20.8 Å². The third-order valence-corrected chi connectivity index (χ3v) is 4.18. The van der Waals surface area contributed by atoms with Gasteiger partial charge in [-0.25, -0.2) is 0 Å². The third kappa shape index (κ3) is 5.28. The summed E-state index contributed by atoms with van der Waals surface area (Å²) >= 11 is 0. The molecular formula is C16H31N7. The van der Waals surface area contributed by atoms with Crippen LogP contribution in [0.1, 0.15) is 32.5 Å². The Morgan fingerprint density at radius 1 is 1.04 bits per heavy atom. The summed E-state index contributed by atoms with van der Waals surface area (Å²) < 4.78 is 0. The number of likely N-dealkylation sites (N-methyl/N-ethyl adjacent to an activating group) is 1. The summed E-state index contributed by atoms with van der Waals surface area (Å²) in [5.41, 5.74) is 0. The van der Waals surface area contributed by atoms with Gasteiger partial charge in [0.1, 0.15) is 5.82 Å². The van der Waals surface area contributed by atoms with E-state index < -0.39 is 0 Å². The molecule has 1 aromatic rings. The van der Waals surface area contributed by atoms with Crippen molar-refractivity contribution in [2.24, 2.45) is 0 Å². The second kappa shape index (κ2) is 8.40. The van der Waals surface area contributed by atoms with Gasteiger partial charge >= 0.3 is 0 Å². The number of hydrogen-bond donors (Lipinski definition) is 1. The van der Waals surface area contributed by atoms with Gasteiger partial charge in [-0.2, -0.15) is 15.0 Å². The molecule has 23 heavy (non-hydrogen) atoms. The Labute approximate surface area is 140 Å². The normalized spacial score (nSPS) is 16.8. The minimum absolute atomic E-state index is 0.291. The average molecular weight is 321 g/mol. The maximum Gasteiger partial charge on any atom is 0.229 e. The molecule has 1 aliphatic heterocycles. The van der Waals surface area contributed by atoms with E-state index in [-0.39, 0.29) is 0 Å². The van der Waals surface area contributed by atoms with Gasteiger partial charge in [0.15, 0.2) is 0 Å². The van der Waals surface area contributed by atoms with Gasteiger partial charge in [0, 0.05) is 59.3 Å². The summed E-state index contributed by atoms with van der Waals surface area (Å²) in [6.07, 6.45) is 0. The highest BCUT2D eigenvalue weighted by Gasteiger charge is 2.15. The van der Waals surface area contributed by atoms with Crippen LogP contribution < -0.4 is 10.2 Å². The third-order valence-electron chi connectivity index (χ3n) is 4.18. The Morgan fingerprint density at radius 3 is 2.26 bits per heavy atom. The van der Waals surface area contributed by atoms with Crippen molar-refractivity contribution in [2.45, 2.75) is 26.7 Å². The number of aromatic nitrogens is 3. The topological polar surface area (TPSA) is 60.4 Å². The van der Waals surface area contributed by atoms with Crippen LogP contribution in [0.15, 0.2) is 0 Å². The maximum absolute atomic E-state index is 4.54. The largest absolute Gasteiger partial charge is 0.353 e. The van der Waals surface area contributed by atoms with Gasteiger partial charge in [0.25, 0.3) is 0 Å². The fourth-order valence-electron chi connectivity index (χ4n) is 2.57. The lowest BCUT2D eigenvalue weighted by Gasteiger charge is -2.33. The average Bonchev–Trinajstić information content (AvgIpc) is 2.55. The molecule has 2 rings (SSSR count). The number of rotatable bonds is 7. The first-order valence-corrected chi connectivity index (χ1v) is 8.61. The zero-order chi connectivity index (χ0) is 16.8. The van der Waals surface area contributed by atoms with Gasteiger partial charge in [0.05, 0.1) is 0 Å². The van der Waals surface area contributed by atoms with E-state index in [4.69, 9.17) is 0 Å². The van der Waals surface area contributed by atoms with E-state index >= 15 is 0 Å². The summed E-state index contributed by atoms with van der Waals surface area (Å²) in [5, 5.41) is 3.36. The predicted octanol–water partition coefficient (Wildman–Crippen LogP) is 1.11. The van der Waals surface area contributed by atoms with Crippen molar-refractivity contribution in [3.63, 3.8) is 0 Å². The lowest BCUT2D eigenvalue weighted by atomic mass is 10.2. The van der Waals surface area contributed by atoms with E-state index in [9.17, 15) is 0 Å². The molecule has 0 spiro atoms. The standard InChI is InChI=1S/C16H31N7/c1-6-22-9-11-23(12-10-22)8-7-17-15-18-14(13(2)3)19-16(20-15)21(4)5/h13H,6-12H2,1-5H3,(H,17,18,19,20). The van der Waals surface area contributed by atoms with Crippen LogP contribution in [0.25, 0.3) is 0 Å². The van der Waals surface area contributed by atoms with Crippen LogP contribution in [0.3, 0.4) is 0 Å². The second-order valence-electron chi connectivity index (χ2n) is 6.57. The van der Waals surface area contributed by atoms with E-state index in [1.54, 1.807) is 0 Å². The second-order valence-corrected chi connectivity index (χ2v) is 6.57. The Balaban J connectivity index is 1.87. The zero-order valence-electron chi connectivity index (χ0n) is 15.2. The van der Waals surface area contributed by atoms with Crippen LogP contribution in [-0.4, -0.2) is 84.7 Å². The molecule has 7 heteroatoms. The molecule has 0 radical (unpaired) electrons. The molecule has 1 aliphatic rings. The highest BCUT2D eigenvalue weighted by molar-refractivity contribution is 5.36. The number of nitrogens with zero attached hydrogens (tertiary/aromatic N) is 6. The quantitative estimate of drug-likeness (QED) is 0.807. The van der Waals surface area contributed by atoms with Crippen LogP contribution in [0, 0.1) is 0 Å². The van der Waals surface area contributed by atoms with Crippen molar-refractivity contribution in [1.82, 2.24) is 24.8 Å². The number of hydrogen-bond acceptors (Lipinski definition) is 7. The molecule has 130 valence electrons. The highest BCUT2D eigenvalue weighted by atomic mass is 15.3. The SMILES string of the molecule is CCN1CCN(CCNc2nc(C(C)C)nc(N(C)C)n2)CC1. The Morgan fingerprint density at radius 2 is 1.70 bits per heavy atom.